The number of carbonyl (C=O) groups excluding carboxylic acids is 1. The number of nitrogens with zero attached hydrogens (tertiary/aromatic N) is 1. The van der Waals surface area contributed by atoms with E-state index in [1.54, 1.807) is 6.92 Å². The zero-order valence-corrected chi connectivity index (χ0v) is 11.1. The molecule has 1 aromatic rings. The van der Waals surface area contributed by atoms with E-state index in [2.05, 4.69) is 0 Å². The first kappa shape index (κ1) is 14.8. The number of benzene rings is 1. The molecule has 0 radical (unpaired) electrons. The summed E-state index contributed by atoms with van der Waals surface area (Å²) < 4.78 is 12.8. The fourth-order valence-electron chi connectivity index (χ4n) is 1.64. The summed E-state index contributed by atoms with van der Waals surface area (Å²) >= 11 is 0. The maximum Gasteiger partial charge on any atom is 0.179 e. The maximum absolute atomic E-state index is 12.8. The second kappa shape index (κ2) is 6.61. The number of Topliss-reactive ketones (excluding diaryl/α,β-unsaturated/α-hetero) is 1. The number of aliphatic hydroxyl groups excluding tert-OH is 1. The van der Waals surface area contributed by atoms with Crippen molar-refractivity contribution < 1.29 is 14.3 Å². The monoisotopic (exact) mass is 253 g/mol. The molecule has 18 heavy (non-hydrogen) atoms. The van der Waals surface area contributed by atoms with Gasteiger partial charge in [-0.25, -0.2) is 4.39 Å². The van der Waals surface area contributed by atoms with Gasteiger partial charge in [-0.3, -0.25) is 9.69 Å². The summed E-state index contributed by atoms with van der Waals surface area (Å²) in [6.45, 7) is 4.18. The van der Waals surface area contributed by atoms with Crippen LogP contribution in [0, 0.1) is 5.82 Å². The van der Waals surface area contributed by atoms with Crippen molar-refractivity contribution in [2.45, 2.75) is 32.4 Å². The Hall–Kier alpha value is -1.26. The van der Waals surface area contributed by atoms with E-state index in [0.29, 0.717) is 18.5 Å². The molecule has 0 saturated carbocycles. The minimum absolute atomic E-state index is 0.0388. The third-order valence-electron chi connectivity index (χ3n) is 3.07. The number of aliphatic hydroxyl groups is 1. The summed E-state index contributed by atoms with van der Waals surface area (Å²) in [5, 5.41) is 9.22. The average molecular weight is 253 g/mol. The second-order valence-electron chi connectivity index (χ2n) is 4.67. The zero-order chi connectivity index (χ0) is 13.7. The fourth-order valence-corrected chi connectivity index (χ4v) is 1.64. The Morgan fingerprint density at radius 1 is 1.33 bits per heavy atom. The van der Waals surface area contributed by atoms with Crippen molar-refractivity contribution in [3.63, 3.8) is 0 Å². The highest BCUT2D eigenvalue weighted by atomic mass is 19.1. The van der Waals surface area contributed by atoms with Gasteiger partial charge in [0.15, 0.2) is 5.78 Å². The van der Waals surface area contributed by atoms with Crippen LogP contribution in [0.15, 0.2) is 24.3 Å². The Morgan fingerprint density at radius 2 is 1.89 bits per heavy atom. The van der Waals surface area contributed by atoms with Crippen molar-refractivity contribution in [3.8, 4) is 0 Å². The van der Waals surface area contributed by atoms with Crippen LogP contribution in [0.1, 0.15) is 30.6 Å². The molecule has 1 N–H and O–H groups in total. The van der Waals surface area contributed by atoms with Crippen LogP contribution in [0.2, 0.25) is 0 Å². The maximum atomic E-state index is 12.8. The van der Waals surface area contributed by atoms with E-state index in [0.717, 1.165) is 0 Å². The Bertz CT molecular complexity index is 389. The molecule has 0 fully saturated rings. The lowest BCUT2D eigenvalue weighted by molar-refractivity contribution is 0.0844. The van der Waals surface area contributed by atoms with E-state index in [1.807, 2.05) is 18.9 Å². The van der Waals surface area contributed by atoms with Crippen LogP contribution < -0.4 is 0 Å². The summed E-state index contributed by atoms with van der Waals surface area (Å²) in [4.78, 5) is 14.0. The van der Waals surface area contributed by atoms with E-state index in [9.17, 15) is 14.3 Å². The van der Waals surface area contributed by atoms with E-state index in [4.69, 9.17) is 0 Å². The van der Waals surface area contributed by atoms with Gasteiger partial charge >= 0.3 is 0 Å². The number of halogens is 1. The molecular formula is C14H20FNO2. The molecule has 0 aliphatic rings. The van der Waals surface area contributed by atoms with Crippen molar-refractivity contribution in [3.05, 3.63) is 35.6 Å². The highest BCUT2D eigenvalue weighted by Crippen LogP contribution is 2.10. The van der Waals surface area contributed by atoms with Gasteiger partial charge < -0.3 is 5.11 Å². The van der Waals surface area contributed by atoms with Crippen LogP contribution >= 0.6 is 0 Å². The molecule has 0 heterocycles. The van der Waals surface area contributed by atoms with Crippen LogP contribution in [0.5, 0.6) is 0 Å². The van der Waals surface area contributed by atoms with E-state index in [-0.39, 0.29) is 23.7 Å². The van der Waals surface area contributed by atoms with Gasteiger partial charge in [0, 0.05) is 12.1 Å². The van der Waals surface area contributed by atoms with Gasteiger partial charge in [-0.05, 0) is 51.6 Å². The Labute approximate surface area is 107 Å². The first-order valence-electron chi connectivity index (χ1n) is 6.10. The minimum Gasteiger partial charge on any atom is -0.393 e. The highest BCUT2D eigenvalue weighted by molar-refractivity contribution is 5.99. The lowest BCUT2D eigenvalue weighted by atomic mass is 10.0. The largest absolute Gasteiger partial charge is 0.393 e. The van der Waals surface area contributed by atoms with Crippen LogP contribution in [-0.2, 0) is 0 Å². The Kier molecular flexibility index (Phi) is 5.44. The SMILES string of the molecule is CC(O)CCN(C)C(C)C(=O)c1ccc(F)cc1. The molecule has 0 amide bonds. The van der Waals surface area contributed by atoms with Gasteiger partial charge in [0.05, 0.1) is 12.1 Å². The van der Waals surface area contributed by atoms with Gasteiger partial charge in [0.25, 0.3) is 0 Å². The van der Waals surface area contributed by atoms with Gasteiger partial charge in [-0.15, -0.1) is 0 Å². The first-order valence-corrected chi connectivity index (χ1v) is 6.10. The number of hydrogen-bond acceptors (Lipinski definition) is 3. The molecule has 3 nitrogen and oxygen atoms in total. The smallest absolute Gasteiger partial charge is 0.179 e. The number of ketones is 1. The van der Waals surface area contributed by atoms with Crippen LogP contribution in [0.4, 0.5) is 4.39 Å². The lowest BCUT2D eigenvalue weighted by Crippen LogP contribution is -2.37. The summed E-state index contributed by atoms with van der Waals surface area (Å²) in [6.07, 6.45) is 0.248. The molecule has 1 rings (SSSR count). The van der Waals surface area contributed by atoms with Gasteiger partial charge in [0.2, 0.25) is 0 Å². The van der Waals surface area contributed by atoms with E-state index < -0.39 is 0 Å². The number of rotatable bonds is 6. The Morgan fingerprint density at radius 3 is 2.39 bits per heavy atom. The molecule has 2 unspecified atom stereocenters. The third kappa shape index (κ3) is 4.20. The number of hydrogen-bond donors (Lipinski definition) is 1. The molecule has 0 aliphatic heterocycles. The van der Waals surface area contributed by atoms with Gasteiger partial charge in [-0.2, -0.15) is 0 Å². The summed E-state index contributed by atoms with van der Waals surface area (Å²) in [5.41, 5.74) is 0.507. The number of likely N-dealkylation sites (N-methyl/N-ethyl adjacent to an activating group) is 1. The Balaban J connectivity index is 2.62. The molecule has 0 spiro atoms. The molecule has 0 bridgehead atoms. The molecule has 4 heteroatoms. The van der Waals surface area contributed by atoms with Crippen LogP contribution in [0.25, 0.3) is 0 Å². The summed E-state index contributed by atoms with van der Waals surface area (Å²) in [6, 6.07) is 5.29. The minimum atomic E-state index is -0.374. The normalized spacial score (nSPS) is 14.6. The average Bonchev–Trinajstić information content (AvgIpc) is 2.35. The first-order chi connectivity index (χ1) is 8.41. The molecule has 0 saturated heterocycles. The number of carbonyl (C=O) groups is 1. The van der Waals surface area contributed by atoms with Crippen LogP contribution in [-0.4, -0.2) is 41.5 Å². The second-order valence-corrected chi connectivity index (χ2v) is 4.67. The van der Waals surface area contributed by atoms with Crippen molar-refractivity contribution in [1.82, 2.24) is 4.90 Å². The van der Waals surface area contributed by atoms with Crippen molar-refractivity contribution in [1.29, 1.82) is 0 Å². The molecule has 1 aromatic carbocycles. The van der Waals surface area contributed by atoms with Crippen LogP contribution in [0.3, 0.4) is 0 Å². The quantitative estimate of drug-likeness (QED) is 0.789. The topological polar surface area (TPSA) is 40.5 Å². The third-order valence-corrected chi connectivity index (χ3v) is 3.07. The standard InChI is InChI=1S/C14H20FNO2/c1-10(17)8-9-16(3)11(2)14(18)12-4-6-13(15)7-5-12/h4-7,10-11,17H,8-9H2,1-3H3. The van der Waals surface area contributed by atoms with E-state index in [1.165, 1.54) is 24.3 Å². The molecular weight excluding hydrogens is 233 g/mol. The van der Waals surface area contributed by atoms with Gasteiger partial charge in [0.1, 0.15) is 5.82 Å². The fraction of sp³-hybridized carbons (Fsp3) is 0.500. The predicted octanol–water partition coefficient (Wildman–Crippen LogP) is 2.10. The van der Waals surface area contributed by atoms with Crippen molar-refractivity contribution >= 4 is 5.78 Å². The highest BCUT2D eigenvalue weighted by Gasteiger charge is 2.19. The zero-order valence-electron chi connectivity index (χ0n) is 11.1. The van der Waals surface area contributed by atoms with Crippen molar-refractivity contribution in [2.75, 3.05) is 13.6 Å². The molecule has 100 valence electrons. The molecule has 2 atom stereocenters. The van der Waals surface area contributed by atoms with E-state index >= 15 is 0 Å². The van der Waals surface area contributed by atoms with Crippen molar-refractivity contribution in [2.24, 2.45) is 0 Å². The summed E-state index contributed by atoms with van der Waals surface area (Å²) in [5.74, 6) is -0.384. The molecule has 0 aliphatic carbocycles. The predicted molar refractivity (Wildman–Crippen MR) is 69.1 cm³/mol. The lowest BCUT2D eigenvalue weighted by Gasteiger charge is -2.24. The van der Waals surface area contributed by atoms with Gasteiger partial charge in [-0.1, -0.05) is 0 Å². The summed E-state index contributed by atoms with van der Waals surface area (Å²) in [7, 11) is 1.84. The molecule has 0 aromatic heterocycles.